The Morgan fingerprint density at radius 3 is 2.19 bits per heavy atom. The second-order valence-corrected chi connectivity index (χ2v) is 9.92. The van der Waals surface area contributed by atoms with E-state index >= 15 is 0 Å². The maximum absolute atomic E-state index is 12.7. The lowest BCUT2D eigenvalue weighted by Gasteiger charge is -2.23. The van der Waals surface area contributed by atoms with Crippen LogP contribution >= 0.6 is 11.3 Å². The zero-order valence-corrected chi connectivity index (χ0v) is 16.0. The number of aryl methyl sites for hydroxylation is 1. The van der Waals surface area contributed by atoms with Gasteiger partial charge >= 0.3 is 6.18 Å². The van der Waals surface area contributed by atoms with Crippen molar-refractivity contribution in [2.75, 3.05) is 0 Å². The number of thiophene rings is 1. The number of Topliss-reactive ketones (excluding diaryl/α,β-unsaturated/α-hetero) is 1. The summed E-state index contributed by atoms with van der Waals surface area (Å²) < 4.78 is 61.7. The highest BCUT2D eigenvalue weighted by Gasteiger charge is 2.42. The van der Waals surface area contributed by atoms with Crippen LogP contribution in [0.5, 0.6) is 0 Å². The topological polar surface area (TPSA) is 51.2 Å². The van der Waals surface area contributed by atoms with E-state index in [1.54, 1.807) is 11.3 Å². The molecule has 0 aliphatic rings. The van der Waals surface area contributed by atoms with Crippen LogP contribution in [0.15, 0.2) is 46.7 Å². The molecule has 0 saturated carbocycles. The monoisotopic (exact) mass is 404 g/mol. The molecule has 0 radical (unpaired) electrons. The number of carbonyl (C=O) groups is 1. The molecule has 3 nitrogen and oxygen atoms in total. The first-order chi connectivity index (χ1) is 12.0. The number of halogens is 3. The normalized spacial score (nSPS) is 13.0. The molecule has 0 N–H and O–H groups in total. The molecular weight excluding hydrogens is 385 g/mol. The van der Waals surface area contributed by atoms with Crippen molar-refractivity contribution in [3.05, 3.63) is 52.2 Å². The van der Waals surface area contributed by atoms with Crippen LogP contribution in [0.25, 0.3) is 0 Å². The van der Waals surface area contributed by atoms with Crippen LogP contribution in [0.1, 0.15) is 37.1 Å². The smallest absolute Gasteiger partial charge is 0.298 e. The highest BCUT2D eigenvalue weighted by Crippen LogP contribution is 2.32. The van der Waals surface area contributed by atoms with E-state index in [4.69, 9.17) is 0 Å². The molecule has 0 saturated heterocycles. The third-order valence-electron chi connectivity index (χ3n) is 4.24. The Morgan fingerprint density at radius 2 is 1.69 bits per heavy atom. The van der Waals surface area contributed by atoms with Crippen molar-refractivity contribution in [1.82, 2.24) is 0 Å². The minimum Gasteiger partial charge on any atom is -0.298 e. The van der Waals surface area contributed by atoms with E-state index in [1.165, 1.54) is 13.8 Å². The molecule has 0 atom stereocenters. The molecule has 8 heteroatoms. The number of alkyl halides is 3. The van der Waals surface area contributed by atoms with E-state index in [0.29, 0.717) is 25.0 Å². The minimum absolute atomic E-state index is 0.0881. The van der Waals surface area contributed by atoms with Gasteiger partial charge in [0.1, 0.15) is 4.75 Å². The average molecular weight is 404 g/mol. The number of ketones is 1. The van der Waals surface area contributed by atoms with Crippen molar-refractivity contribution in [2.45, 2.75) is 48.9 Å². The second kappa shape index (κ2) is 7.52. The Labute approximate surface area is 154 Å². The number of carbonyl (C=O) groups excluding carboxylic acids is 1. The summed E-state index contributed by atoms with van der Waals surface area (Å²) in [6.45, 7) is 2.60. The summed E-state index contributed by atoms with van der Waals surface area (Å²) >= 11 is 1.57. The SMILES string of the molecule is CC(C)(C(=O)CCCc1cccs1)S(=O)(=O)c1ccc(C(F)(F)F)cc1. The molecular formula is C18H19F3O3S2. The number of benzene rings is 1. The molecule has 0 fully saturated rings. The van der Waals surface area contributed by atoms with Crippen LogP contribution in [0, 0.1) is 0 Å². The molecule has 26 heavy (non-hydrogen) atoms. The van der Waals surface area contributed by atoms with Gasteiger partial charge in [-0.05, 0) is 62.4 Å². The second-order valence-electron chi connectivity index (χ2n) is 6.39. The van der Waals surface area contributed by atoms with Gasteiger partial charge in [-0.1, -0.05) is 6.07 Å². The lowest BCUT2D eigenvalue weighted by Crippen LogP contribution is -2.40. The van der Waals surface area contributed by atoms with Gasteiger partial charge in [0.05, 0.1) is 10.5 Å². The van der Waals surface area contributed by atoms with Gasteiger partial charge in [-0.25, -0.2) is 8.42 Å². The molecule has 0 aliphatic carbocycles. The van der Waals surface area contributed by atoms with Crippen molar-refractivity contribution in [3.63, 3.8) is 0 Å². The zero-order chi connectivity index (χ0) is 19.6. The Morgan fingerprint density at radius 1 is 1.08 bits per heavy atom. The van der Waals surface area contributed by atoms with Crippen molar-refractivity contribution in [1.29, 1.82) is 0 Å². The lowest BCUT2D eigenvalue weighted by molar-refractivity contribution is -0.137. The molecule has 0 bridgehead atoms. The number of rotatable bonds is 7. The molecule has 0 spiro atoms. The molecule has 0 amide bonds. The predicted octanol–water partition coefficient (Wildman–Crippen LogP) is 4.91. The summed E-state index contributed by atoms with van der Waals surface area (Å²) in [5.74, 6) is -0.450. The summed E-state index contributed by atoms with van der Waals surface area (Å²) in [5.41, 5.74) is -0.934. The van der Waals surface area contributed by atoms with Crippen LogP contribution < -0.4 is 0 Å². The van der Waals surface area contributed by atoms with Crippen LogP contribution in [0.3, 0.4) is 0 Å². The lowest BCUT2D eigenvalue weighted by atomic mass is 10.0. The Hall–Kier alpha value is -1.67. The summed E-state index contributed by atoms with van der Waals surface area (Å²) in [5, 5.41) is 1.93. The van der Waals surface area contributed by atoms with Gasteiger partial charge in [-0.3, -0.25) is 4.79 Å². The molecule has 1 heterocycles. The first-order valence-electron chi connectivity index (χ1n) is 7.94. The summed E-state index contributed by atoms with van der Waals surface area (Å²) in [6, 6.07) is 7.08. The van der Waals surface area contributed by atoms with Crippen LogP contribution in [-0.2, 0) is 27.2 Å². The number of hydrogen-bond acceptors (Lipinski definition) is 4. The fourth-order valence-electron chi connectivity index (χ4n) is 2.45. The Kier molecular flexibility index (Phi) is 5.97. The minimum atomic E-state index is -4.55. The van der Waals surface area contributed by atoms with Gasteiger partial charge in [0, 0.05) is 11.3 Å². The average Bonchev–Trinajstić information content (AvgIpc) is 3.07. The van der Waals surface area contributed by atoms with Gasteiger partial charge in [0.15, 0.2) is 15.6 Å². The fourth-order valence-corrected chi connectivity index (χ4v) is 4.68. The third-order valence-corrected chi connectivity index (χ3v) is 7.64. The van der Waals surface area contributed by atoms with Gasteiger partial charge in [0.2, 0.25) is 0 Å². The first kappa shape index (κ1) is 20.6. The maximum atomic E-state index is 12.7. The largest absolute Gasteiger partial charge is 0.416 e. The number of hydrogen-bond donors (Lipinski definition) is 0. The Bertz CT molecular complexity index is 850. The van der Waals surface area contributed by atoms with Crippen molar-refractivity contribution in [3.8, 4) is 0 Å². The van der Waals surface area contributed by atoms with Crippen molar-refractivity contribution >= 4 is 27.0 Å². The van der Waals surface area contributed by atoms with E-state index in [1.807, 2.05) is 17.5 Å². The van der Waals surface area contributed by atoms with Gasteiger partial charge in [-0.2, -0.15) is 13.2 Å². The molecule has 142 valence electrons. The van der Waals surface area contributed by atoms with Gasteiger partial charge in [0.25, 0.3) is 0 Å². The summed E-state index contributed by atoms with van der Waals surface area (Å²) in [7, 11) is -4.10. The number of sulfone groups is 1. The highest BCUT2D eigenvalue weighted by atomic mass is 32.2. The molecule has 1 aromatic heterocycles. The molecule has 0 unspecified atom stereocenters. The first-order valence-corrected chi connectivity index (χ1v) is 10.3. The van der Waals surface area contributed by atoms with Crippen molar-refractivity contribution < 1.29 is 26.4 Å². The summed E-state index contributed by atoms with van der Waals surface area (Å²) in [4.78, 5) is 13.3. The zero-order valence-electron chi connectivity index (χ0n) is 14.3. The van der Waals surface area contributed by atoms with Crippen LogP contribution in [0.2, 0.25) is 0 Å². The van der Waals surface area contributed by atoms with E-state index in [0.717, 1.165) is 17.0 Å². The summed E-state index contributed by atoms with van der Waals surface area (Å²) in [6.07, 6.45) is -3.26. The molecule has 1 aromatic carbocycles. The fraction of sp³-hybridized carbons (Fsp3) is 0.389. The quantitative estimate of drug-likeness (QED) is 0.659. The predicted molar refractivity (Wildman–Crippen MR) is 95.0 cm³/mol. The third kappa shape index (κ3) is 4.35. The molecule has 2 aromatic rings. The van der Waals surface area contributed by atoms with E-state index in [-0.39, 0.29) is 11.3 Å². The standard InChI is InChI=1S/C18H19F3O3S2/c1-17(2,16(22)7-3-5-14-6-4-12-25-14)26(23,24)15-10-8-13(9-11-15)18(19,20)21/h4,6,8-12H,3,5,7H2,1-2H3. The van der Waals surface area contributed by atoms with Crippen LogP contribution in [0.4, 0.5) is 13.2 Å². The molecule has 0 aliphatic heterocycles. The Balaban J connectivity index is 2.13. The maximum Gasteiger partial charge on any atom is 0.416 e. The van der Waals surface area contributed by atoms with E-state index < -0.39 is 32.1 Å². The van der Waals surface area contributed by atoms with Crippen molar-refractivity contribution in [2.24, 2.45) is 0 Å². The van der Waals surface area contributed by atoms with E-state index in [9.17, 15) is 26.4 Å². The highest BCUT2D eigenvalue weighted by molar-refractivity contribution is 7.93. The van der Waals surface area contributed by atoms with E-state index in [2.05, 4.69) is 0 Å². The van der Waals surface area contributed by atoms with Gasteiger partial charge in [-0.15, -0.1) is 11.3 Å². The molecule has 2 rings (SSSR count). The van der Waals surface area contributed by atoms with Gasteiger partial charge < -0.3 is 0 Å². The van der Waals surface area contributed by atoms with Crippen LogP contribution in [-0.4, -0.2) is 18.9 Å².